The van der Waals surface area contributed by atoms with Crippen molar-refractivity contribution < 1.29 is 49.1 Å². The van der Waals surface area contributed by atoms with E-state index in [-0.39, 0.29) is 29.4 Å². The Kier molecular flexibility index (Phi) is 6.57. The second-order valence-corrected chi connectivity index (χ2v) is 6.12. The van der Waals surface area contributed by atoms with E-state index in [2.05, 4.69) is 5.32 Å². The highest BCUT2D eigenvalue weighted by atomic mass is 19.4. The van der Waals surface area contributed by atoms with Crippen LogP contribution in [0.3, 0.4) is 0 Å². The van der Waals surface area contributed by atoms with Crippen LogP contribution in [0.2, 0.25) is 0 Å². The number of amides is 2. The van der Waals surface area contributed by atoms with Crippen LogP contribution in [0.15, 0.2) is 42.5 Å². The molecule has 2 aromatic rings. The van der Waals surface area contributed by atoms with Crippen molar-refractivity contribution in [2.24, 2.45) is 0 Å². The molecule has 168 valence electrons. The van der Waals surface area contributed by atoms with Gasteiger partial charge in [0, 0.05) is 16.8 Å². The minimum atomic E-state index is -5.14. The summed E-state index contributed by atoms with van der Waals surface area (Å²) in [6, 6.07) is 4.44. The third kappa shape index (κ3) is 6.89. The molecule has 0 spiro atoms. The molecule has 0 atom stereocenters. The van der Waals surface area contributed by atoms with E-state index in [9.17, 15) is 49.1 Å². The number of benzene rings is 2. The Labute approximate surface area is 168 Å². The lowest BCUT2D eigenvalue weighted by Gasteiger charge is -2.14. The first-order chi connectivity index (χ1) is 14.1. The van der Waals surface area contributed by atoms with Gasteiger partial charge >= 0.3 is 18.5 Å². The zero-order valence-electron chi connectivity index (χ0n) is 15.0. The van der Waals surface area contributed by atoms with Crippen LogP contribution in [0, 0.1) is 0 Å². The first-order valence-corrected chi connectivity index (χ1v) is 8.12. The molecule has 2 N–H and O–H groups in total. The van der Waals surface area contributed by atoms with E-state index >= 15 is 0 Å². The summed E-state index contributed by atoms with van der Waals surface area (Å²) < 4.78 is 114. The lowest BCUT2D eigenvalue weighted by molar-refractivity contribution is -0.143. The first-order valence-electron chi connectivity index (χ1n) is 8.12. The smallest absolute Gasteiger partial charge is 0.343 e. The number of alkyl halides is 9. The molecular formula is C18H11F9N2O2. The largest absolute Gasteiger partial charge is 0.416 e. The molecule has 4 nitrogen and oxygen atoms in total. The fourth-order valence-electron chi connectivity index (χ4n) is 2.28. The standard InChI is InChI=1S/C18H11F9N2O2/c19-16(20,21)8-28-14(30)9-1-3-13(4-2-9)29-15(31)10-5-11(17(22,23)24)7-12(6-10)18(25,26)27/h1-7H,8H2,(H,28,30)(H,29,31). The number of carbonyl (C=O) groups is 2. The Morgan fingerprint density at radius 3 is 1.58 bits per heavy atom. The predicted octanol–water partition coefficient (Wildman–Crippen LogP) is 5.27. The van der Waals surface area contributed by atoms with Crippen LogP contribution < -0.4 is 10.6 Å². The van der Waals surface area contributed by atoms with Crippen molar-refractivity contribution in [3.63, 3.8) is 0 Å². The number of halogens is 9. The quantitative estimate of drug-likeness (QED) is 0.614. The molecule has 0 fully saturated rings. The van der Waals surface area contributed by atoms with Gasteiger partial charge in [0.05, 0.1) is 11.1 Å². The number of nitrogens with one attached hydrogen (secondary N) is 2. The van der Waals surface area contributed by atoms with Crippen molar-refractivity contribution >= 4 is 17.5 Å². The van der Waals surface area contributed by atoms with Gasteiger partial charge in [-0.05, 0) is 42.5 Å². The number of rotatable bonds is 4. The number of hydrogen-bond donors (Lipinski definition) is 2. The summed E-state index contributed by atoms with van der Waals surface area (Å²) in [4.78, 5) is 23.8. The molecular weight excluding hydrogens is 447 g/mol. The molecule has 2 aromatic carbocycles. The summed E-state index contributed by atoms with van der Waals surface area (Å²) in [6.07, 6.45) is -14.9. The topological polar surface area (TPSA) is 58.2 Å². The van der Waals surface area contributed by atoms with Crippen molar-refractivity contribution in [1.29, 1.82) is 0 Å². The Morgan fingerprint density at radius 1 is 0.677 bits per heavy atom. The summed E-state index contributed by atoms with van der Waals surface area (Å²) in [6.45, 7) is -1.58. The van der Waals surface area contributed by atoms with Crippen LogP contribution in [0.4, 0.5) is 45.2 Å². The highest BCUT2D eigenvalue weighted by Gasteiger charge is 2.37. The maximum Gasteiger partial charge on any atom is 0.416 e. The molecule has 0 aliphatic carbocycles. The number of carbonyl (C=O) groups excluding carboxylic acids is 2. The summed E-state index contributed by atoms with van der Waals surface area (Å²) in [5.41, 5.74) is -4.62. The average molecular weight is 458 g/mol. The van der Waals surface area contributed by atoms with Crippen LogP contribution in [0.1, 0.15) is 31.8 Å². The van der Waals surface area contributed by atoms with Crippen molar-refractivity contribution in [1.82, 2.24) is 5.32 Å². The van der Waals surface area contributed by atoms with Crippen molar-refractivity contribution in [2.45, 2.75) is 18.5 Å². The number of anilines is 1. The second kappa shape index (κ2) is 8.47. The summed E-state index contributed by atoms with van der Waals surface area (Å²) in [5.74, 6) is -2.38. The maximum absolute atomic E-state index is 12.9. The number of hydrogen-bond acceptors (Lipinski definition) is 2. The van der Waals surface area contributed by atoms with Gasteiger partial charge in [-0.15, -0.1) is 0 Å². The molecule has 0 aliphatic heterocycles. The first kappa shape index (κ1) is 24.0. The molecule has 13 heteroatoms. The van der Waals surface area contributed by atoms with Crippen molar-refractivity contribution in [3.05, 3.63) is 64.7 Å². The van der Waals surface area contributed by atoms with Gasteiger partial charge in [-0.25, -0.2) is 0 Å². The molecule has 2 rings (SSSR count). The fourth-order valence-corrected chi connectivity index (χ4v) is 2.28. The van der Waals surface area contributed by atoms with Gasteiger partial charge in [0.2, 0.25) is 0 Å². The third-order valence-corrected chi connectivity index (χ3v) is 3.70. The normalized spacial score (nSPS) is 12.4. The van der Waals surface area contributed by atoms with Gasteiger partial charge in [0.25, 0.3) is 11.8 Å². The molecule has 2 amide bonds. The van der Waals surface area contributed by atoms with E-state index in [1.54, 1.807) is 5.32 Å². The van der Waals surface area contributed by atoms with E-state index in [0.29, 0.717) is 0 Å². The van der Waals surface area contributed by atoms with Gasteiger partial charge in [-0.3, -0.25) is 9.59 Å². The third-order valence-electron chi connectivity index (χ3n) is 3.70. The maximum atomic E-state index is 12.9. The highest BCUT2D eigenvalue weighted by Crippen LogP contribution is 2.36. The van der Waals surface area contributed by atoms with Gasteiger partial charge in [-0.2, -0.15) is 39.5 Å². The monoisotopic (exact) mass is 458 g/mol. The van der Waals surface area contributed by atoms with Gasteiger partial charge < -0.3 is 10.6 Å². The summed E-state index contributed by atoms with van der Waals surface area (Å²) in [7, 11) is 0. The van der Waals surface area contributed by atoms with Crippen LogP contribution in [0.25, 0.3) is 0 Å². The van der Waals surface area contributed by atoms with E-state index in [1.807, 2.05) is 0 Å². The van der Waals surface area contributed by atoms with Gasteiger partial charge in [-0.1, -0.05) is 0 Å². The molecule has 0 unspecified atom stereocenters. The van der Waals surface area contributed by atoms with Crippen LogP contribution in [-0.2, 0) is 12.4 Å². The van der Waals surface area contributed by atoms with E-state index in [4.69, 9.17) is 0 Å². The van der Waals surface area contributed by atoms with Crippen LogP contribution in [0.5, 0.6) is 0 Å². The Morgan fingerprint density at radius 2 is 1.16 bits per heavy atom. The van der Waals surface area contributed by atoms with Gasteiger partial charge in [0.1, 0.15) is 6.54 Å². The zero-order valence-corrected chi connectivity index (χ0v) is 15.0. The fraction of sp³-hybridized carbons (Fsp3) is 0.222. The molecule has 0 aromatic heterocycles. The highest BCUT2D eigenvalue weighted by molar-refractivity contribution is 6.05. The molecule has 0 saturated carbocycles. The van der Waals surface area contributed by atoms with E-state index in [0.717, 1.165) is 24.3 Å². The minimum absolute atomic E-state index is 0.122. The van der Waals surface area contributed by atoms with Crippen LogP contribution >= 0.6 is 0 Å². The Balaban J connectivity index is 2.20. The molecule has 0 bridgehead atoms. The van der Waals surface area contributed by atoms with Gasteiger partial charge in [0.15, 0.2) is 0 Å². The molecule has 0 radical (unpaired) electrons. The molecule has 0 aliphatic rings. The molecule has 0 saturated heterocycles. The SMILES string of the molecule is O=C(NCC(F)(F)F)c1ccc(NC(=O)c2cc(C(F)(F)F)cc(C(F)(F)F)c2)cc1. The van der Waals surface area contributed by atoms with E-state index in [1.165, 1.54) is 0 Å². The predicted molar refractivity (Wildman–Crippen MR) is 89.2 cm³/mol. The molecule has 31 heavy (non-hydrogen) atoms. The Bertz CT molecular complexity index is 930. The van der Waals surface area contributed by atoms with Crippen molar-refractivity contribution in [3.8, 4) is 0 Å². The molecule has 0 heterocycles. The van der Waals surface area contributed by atoms with Crippen LogP contribution in [-0.4, -0.2) is 24.5 Å². The minimum Gasteiger partial charge on any atom is -0.343 e. The zero-order chi connectivity index (χ0) is 23.6. The lowest BCUT2D eigenvalue weighted by Crippen LogP contribution is -2.33. The Hall–Kier alpha value is -3.25. The van der Waals surface area contributed by atoms with Crippen molar-refractivity contribution in [2.75, 3.05) is 11.9 Å². The summed E-state index contributed by atoms with van der Waals surface area (Å²) >= 11 is 0. The summed E-state index contributed by atoms with van der Waals surface area (Å²) in [5, 5.41) is 3.65. The lowest BCUT2D eigenvalue weighted by atomic mass is 10.0. The average Bonchev–Trinajstić information content (AvgIpc) is 2.64. The second-order valence-electron chi connectivity index (χ2n) is 6.12. The van der Waals surface area contributed by atoms with E-state index < -0.39 is 53.6 Å².